The number of benzene rings is 2. The van der Waals surface area contributed by atoms with Crippen LogP contribution in [-0.4, -0.2) is 40.8 Å². The molecule has 0 fully saturated rings. The van der Waals surface area contributed by atoms with Crippen molar-refractivity contribution in [3.05, 3.63) is 88.6 Å². The van der Waals surface area contributed by atoms with Gasteiger partial charge in [-0.3, -0.25) is 10.1 Å². The van der Waals surface area contributed by atoms with E-state index in [2.05, 4.69) is 10.6 Å². The molecule has 0 aliphatic carbocycles. The second-order valence-electron chi connectivity index (χ2n) is 7.84. The van der Waals surface area contributed by atoms with E-state index in [0.717, 1.165) is 17.5 Å². The summed E-state index contributed by atoms with van der Waals surface area (Å²) in [5, 5.41) is 15.7. The summed E-state index contributed by atoms with van der Waals surface area (Å²) in [6.45, 7) is 4.75. The number of carboxylic acids is 1. The molecule has 0 aromatic heterocycles. The highest BCUT2D eigenvalue weighted by molar-refractivity contribution is 8.00. The SMILES string of the molecule is CCCOC(=O)C(NCc1ccccc1)C1NC(C(=O)O)=C(/C=C/c2ccc(C)cc2)CS1. The van der Waals surface area contributed by atoms with Gasteiger partial charge in [-0.15, -0.1) is 11.8 Å². The fourth-order valence-corrected chi connectivity index (χ4v) is 4.54. The second-order valence-corrected chi connectivity index (χ2v) is 8.97. The van der Waals surface area contributed by atoms with Crippen LogP contribution < -0.4 is 10.6 Å². The number of hydrogen-bond donors (Lipinski definition) is 3. The smallest absolute Gasteiger partial charge is 0.352 e. The van der Waals surface area contributed by atoms with Crippen LogP contribution >= 0.6 is 11.8 Å². The number of esters is 1. The minimum Gasteiger partial charge on any atom is -0.477 e. The van der Waals surface area contributed by atoms with E-state index in [-0.39, 0.29) is 11.7 Å². The second kappa shape index (κ2) is 12.3. The van der Waals surface area contributed by atoms with E-state index in [1.165, 1.54) is 17.3 Å². The lowest BCUT2D eigenvalue weighted by molar-refractivity contribution is -0.146. The standard InChI is InChI=1S/C26H30N2O4S/c1-3-15-32-26(31)23(27-16-20-7-5-4-6-8-20)24-28-22(25(29)30)21(17-33-24)14-13-19-11-9-18(2)10-12-19/h4-14,23-24,27-28H,3,15-17H2,1-2H3,(H,29,30)/b14-13+. The molecule has 1 heterocycles. The predicted octanol–water partition coefficient (Wildman–Crippen LogP) is 4.12. The molecule has 33 heavy (non-hydrogen) atoms. The number of carboxylic acid groups (broad SMARTS) is 1. The van der Waals surface area contributed by atoms with E-state index in [9.17, 15) is 14.7 Å². The molecule has 7 heteroatoms. The van der Waals surface area contributed by atoms with Crippen LogP contribution in [-0.2, 0) is 20.9 Å². The average molecular weight is 467 g/mol. The summed E-state index contributed by atoms with van der Waals surface area (Å²) in [7, 11) is 0. The van der Waals surface area contributed by atoms with Gasteiger partial charge in [0.15, 0.2) is 0 Å². The maximum Gasteiger partial charge on any atom is 0.352 e. The van der Waals surface area contributed by atoms with Gasteiger partial charge in [0.1, 0.15) is 11.7 Å². The molecule has 3 rings (SSSR count). The van der Waals surface area contributed by atoms with Gasteiger partial charge in [-0.05, 0) is 30.0 Å². The van der Waals surface area contributed by atoms with Crippen molar-refractivity contribution in [3.63, 3.8) is 0 Å². The van der Waals surface area contributed by atoms with Gasteiger partial charge in [0.25, 0.3) is 0 Å². The Morgan fingerprint density at radius 2 is 1.91 bits per heavy atom. The summed E-state index contributed by atoms with van der Waals surface area (Å²) in [5.41, 5.74) is 3.97. The molecule has 0 saturated carbocycles. The zero-order valence-electron chi connectivity index (χ0n) is 18.9. The molecule has 0 amide bonds. The average Bonchev–Trinajstić information content (AvgIpc) is 2.83. The molecule has 0 saturated heterocycles. The molecule has 1 aliphatic rings. The van der Waals surface area contributed by atoms with Crippen LogP contribution in [0.5, 0.6) is 0 Å². The first-order valence-corrected chi connectivity index (χ1v) is 12.1. The number of aliphatic carboxylic acids is 1. The van der Waals surface area contributed by atoms with Crippen LogP contribution in [0.2, 0.25) is 0 Å². The van der Waals surface area contributed by atoms with Crippen molar-refractivity contribution in [3.8, 4) is 0 Å². The molecule has 174 valence electrons. The number of ether oxygens (including phenoxy) is 1. The zero-order valence-corrected chi connectivity index (χ0v) is 19.7. The minimum absolute atomic E-state index is 0.108. The number of hydrogen-bond acceptors (Lipinski definition) is 6. The fraction of sp³-hybridized carbons (Fsp3) is 0.308. The molecule has 1 aliphatic heterocycles. The zero-order chi connectivity index (χ0) is 23.6. The van der Waals surface area contributed by atoms with Gasteiger partial charge >= 0.3 is 11.9 Å². The molecule has 2 aromatic rings. The number of carbonyl (C=O) groups is 2. The van der Waals surface area contributed by atoms with Crippen LogP contribution in [0.4, 0.5) is 0 Å². The third-order valence-electron chi connectivity index (χ3n) is 5.17. The van der Waals surface area contributed by atoms with E-state index in [0.29, 0.717) is 24.5 Å². The van der Waals surface area contributed by atoms with Gasteiger partial charge in [0.2, 0.25) is 0 Å². The van der Waals surface area contributed by atoms with Crippen molar-refractivity contribution in [1.82, 2.24) is 10.6 Å². The highest BCUT2D eigenvalue weighted by Gasteiger charge is 2.34. The Bertz CT molecular complexity index is 1000. The van der Waals surface area contributed by atoms with E-state index in [4.69, 9.17) is 4.74 Å². The molecule has 2 atom stereocenters. The molecule has 0 spiro atoms. The highest BCUT2D eigenvalue weighted by atomic mass is 32.2. The van der Waals surface area contributed by atoms with Crippen LogP contribution in [0.1, 0.15) is 30.0 Å². The van der Waals surface area contributed by atoms with Crippen molar-refractivity contribution in [1.29, 1.82) is 0 Å². The first-order chi connectivity index (χ1) is 16.0. The number of nitrogens with one attached hydrogen (secondary N) is 2. The Morgan fingerprint density at radius 3 is 2.58 bits per heavy atom. The summed E-state index contributed by atoms with van der Waals surface area (Å²) in [5.74, 6) is -0.972. The number of allylic oxidation sites excluding steroid dienone is 1. The van der Waals surface area contributed by atoms with Crippen molar-refractivity contribution < 1.29 is 19.4 Å². The van der Waals surface area contributed by atoms with Crippen molar-refractivity contribution in [2.24, 2.45) is 0 Å². The molecular formula is C26H30N2O4S. The molecule has 2 aromatic carbocycles. The summed E-state index contributed by atoms with van der Waals surface area (Å²) >= 11 is 1.49. The van der Waals surface area contributed by atoms with Crippen LogP contribution in [0, 0.1) is 6.92 Å². The summed E-state index contributed by atoms with van der Waals surface area (Å²) in [6, 6.07) is 17.1. The van der Waals surface area contributed by atoms with Crippen LogP contribution in [0.3, 0.4) is 0 Å². The lowest BCUT2D eigenvalue weighted by Gasteiger charge is -2.32. The van der Waals surface area contributed by atoms with Crippen molar-refractivity contribution >= 4 is 29.8 Å². The summed E-state index contributed by atoms with van der Waals surface area (Å²) in [4.78, 5) is 24.8. The normalized spacial score (nSPS) is 17.0. The lowest BCUT2D eigenvalue weighted by Crippen LogP contribution is -2.53. The van der Waals surface area contributed by atoms with E-state index < -0.39 is 17.4 Å². The monoisotopic (exact) mass is 466 g/mol. The maximum absolute atomic E-state index is 12.8. The first kappa shape index (κ1) is 24.6. The van der Waals surface area contributed by atoms with Gasteiger partial charge in [-0.1, -0.05) is 79.2 Å². The number of thioether (sulfide) groups is 1. The molecule has 2 unspecified atom stereocenters. The van der Waals surface area contributed by atoms with E-state index in [1.807, 2.05) is 80.6 Å². The van der Waals surface area contributed by atoms with Gasteiger partial charge in [-0.2, -0.15) is 0 Å². The molecule has 0 radical (unpaired) electrons. The summed E-state index contributed by atoms with van der Waals surface area (Å²) in [6.07, 6.45) is 4.45. The molecule has 3 N–H and O–H groups in total. The largest absolute Gasteiger partial charge is 0.477 e. The van der Waals surface area contributed by atoms with E-state index >= 15 is 0 Å². The number of carbonyl (C=O) groups excluding carboxylic acids is 1. The molecular weight excluding hydrogens is 436 g/mol. The van der Waals surface area contributed by atoms with Crippen LogP contribution in [0.25, 0.3) is 6.08 Å². The van der Waals surface area contributed by atoms with Crippen molar-refractivity contribution in [2.75, 3.05) is 12.4 Å². The van der Waals surface area contributed by atoms with Gasteiger partial charge < -0.3 is 15.2 Å². The summed E-state index contributed by atoms with van der Waals surface area (Å²) < 4.78 is 5.40. The van der Waals surface area contributed by atoms with E-state index in [1.54, 1.807) is 0 Å². The minimum atomic E-state index is -1.05. The number of rotatable bonds is 10. The Balaban J connectivity index is 1.77. The highest BCUT2D eigenvalue weighted by Crippen LogP contribution is 2.27. The quantitative estimate of drug-likeness (QED) is 0.454. The fourth-order valence-electron chi connectivity index (χ4n) is 3.34. The third kappa shape index (κ3) is 7.23. The Morgan fingerprint density at radius 1 is 1.18 bits per heavy atom. The molecule has 0 bridgehead atoms. The first-order valence-electron chi connectivity index (χ1n) is 11.0. The Hall–Kier alpha value is -3.03. The maximum atomic E-state index is 12.8. The third-order valence-corrected chi connectivity index (χ3v) is 6.40. The van der Waals surface area contributed by atoms with Crippen molar-refractivity contribution in [2.45, 2.75) is 38.2 Å². The molecule has 6 nitrogen and oxygen atoms in total. The Kier molecular flexibility index (Phi) is 9.15. The van der Waals surface area contributed by atoms with Gasteiger partial charge in [-0.25, -0.2) is 4.79 Å². The van der Waals surface area contributed by atoms with Gasteiger partial charge in [0, 0.05) is 12.3 Å². The van der Waals surface area contributed by atoms with Crippen LogP contribution in [0.15, 0.2) is 71.9 Å². The Labute approximate surface area is 199 Å². The predicted molar refractivity (Wildman–Crippen MR) is 133 cm³/mol. The topological polar surface area (TPSA) is 87.7 Å². The van der Waals surface area contributed by atoms with Gasteiger partial charge in [0.05, 0.1) is 12.0 Å². The lowest BCUT2D eigenvalue weighted by atomic mass is 10.1. The number of aryl methyl sites for hydroxylation is 1.